The number of benzene rings is 2. The molecule has 1 N–H and O–H groups in total. The smallest absolute Gasteiger partial charge is 0.233 e. The van der Waals surface area contributed by atoms with Crippen LogP contribution in [0.25, 0.3) is 32.9 Å². The third-order valence-electron chi connectivity index (χ3n) is 11.2. The van der Waals surface area contributed by atoms with E-state index in [9.17, 15) is 10.1 Å². The molecule has 2 aromatic carbocycles. The zero-order valence-corrected chi connectivity index (χ0v) is 29.3. The van der Waals surface area contributed by atoms with Crippen molar-refractivity contribution < 1.29 is 13.9 Å². The van der Waals surface area contributed by atoms with Crippen LogP contribution in [-0.2, 0) is 18.3 Å². The van der Waals surface area contributed by atoms with E-state index in [-0.39, 0.29) is 53.0 Å². The number of carbonyl (C=O) groups excluding carboxylic acids is 1. The predicted molar refractivity (Wildman–Crippen MR) is 190 cm³/mol. The fourth-order valence-corrected chi connectivity index (χ4v) is 9.09. The van der Waals surface area contributed by atoms with E-state index in [1.54, 1.807) is 22.9 Å². The first-order chi connectivity index (χ1) is 24.2. The molecule has 1 amide bonds. The number of ether oxygens (including phenoxy) is 1. The molecule has 0 radical (unpaired) electrons. The molecule has 5 unspecified atom stereocenters. The molecule has 12 heteroatoms. The van der Waals surface area contributed by atoms with Crippen LogP contribution >= 0.6 is 23.2 Å². The van der Waals surface area contributed by atoms with Crippen LogP contribution in [0.5, 0.6) is 5.88 Å². The first-order valence-corrected chi connectivity index (χ1v) is 18.2. The average molecular weight is 713 g/mol. The number of rotatable bonds is 8. The van der Waals surface area contributed by atoms with Crippen LogP contribution in [0.3, 0.4) is 0 Å². The highest BCUT2D eigenvalue weighted by Gasteiger charge is 2.51. The summed E-state index contributed by atoms with van der Waals surface area (Å²) in [5.41, 5.74) is 4.37. The number of aryl methyl sites for hydroxylation is 3. The SMILES string of the molecule is Cc1nc2c(F)c(-c3cccc(Cl)c3Cl)c(CCC#N)cc2c2c1cc(C1CC(Oc3ccn(C)n3)CN1C(=O)C1CC1)n2C1C2CNC1C2. The first kappa shape index (κ1) is 31.8. The minimum Gasteiger partial charge on any atom is -0.471 e. The lowest BCUT2D eigenvalue weighted by Crippen LogP contribution is -2.41. The lowest BCUT2D eigenvalue weighted by molar-refractivity contribution is -0.133. The van der Waals surface area contributed by atoms with Crippen LogP contribution in [0.15, 0.2) is 42.6 Å². The third-order valence-corrected chi connectivity index (χ3v) is 12.0. The highest BCUT2D eigenvalue weighted by atomic mass is 35.5. The highest BCUT2D eigenvalue weighted by molar-refractivity contribution is 6.43. The zero-order valence-electron chi connectivity index (χ0n) is 27.8. The van der Waals surface area contributed by atoms with E-state index in [4.69, 9.17) is 32.9 Å². The van der Waals surface area contributed by atoms with Crippen molar-refractivity contribution in [1.82, 2.24) is 29.5 Å². The van der Waals surface area contributed by atoms with Crippen LogP contribution in [0.4, 0.5) is 4.39 Å². The molecule has 0 spiro atoms. The van der Waals surface area contributed by atoms with Gasteiger partial charge >= 0.3 is 0 Å². The Hall–Kier alpha value is -4.17. The van der Waals surface area contributed by atoms with Gasteiger partial charge in [-0.3, -0.25) is 9.48 Å². The van der Waals surface area contributed by atoms with Gasteiger partial charge in [-0.25, -0.2) is 9.37 Å². The zero-order chi connectivity index (χ0) is 34.4. The monoisotopic (exact) mass is 711 g/mol. The van der Waals surface area contributed by atoms with Gasteiger partial charge in [-0.05, 0) is 62.3 Å². The number of nitriles is 1. The second kappa shape index (κ2) is 12.0. The molecule has 9 nitrogen and oxygen atoms in total. The highest BCUT2D eigenvalue weighted by Crippen LogP contribution is 2.51. The van der Waals surface area contributed by atoms with Gasteiger partial charge in [0.2, 0.25) is 11.8 Å². The third kappa shape index (κ3) is 5.00. The van der Waals surface area contributed by atoms with Crippen molar-refractivity contribution in [3.05, 3.63) is 75.4 Å². The van der Waals surface area contributed by atoms with Gasteiger partial charge < -0.3 is 19.5 Å². The number of fused-ring (bicyclic) bond motifs is 4. The largest absolute Gasteiger partial charge is 0.471 e. The predicted octanol–water partition coefficient (Wildman–Crippen LogP) is 7.46. The van der Waals surface area contributed by atoms with Crippen molar-refractivity contribution in [3.63, 3.8) is 0 Å². The Morgan fingerprint density at radius 2 is 2.02 bits per heavy atom. The Bertz CT molecular complexity index is 2240. The fraction of sp³-hybridized carbons (Fsp3) is 0.421. The summed E-state index contributed by atoms with van der Waals surface area (Å²) in [5.74, 6) is 0.689. The van der Waals surface area contributed by atoms with Gasteiger partial charge in [-0.1, -0.05) is 35.3 Å². The van der Waals surface area contributed by atoms with E-state index in [1.807, 2.05) is 37.2 Å². The van der Waals surface area contributed by atoms with Crippen molar-refractivity contribution in [2.24, 2.45) is 18.9 Å². The molecule has 6 heterocycles. The number of aromatic nitrogens is 4. The summed E-state index contributed by atoms with van der Waals surface area (Å²) >= 11 is 13.1. The molecule has 10 rings (SSSR count). The van der Waals surface area contributed by atoms with Gasteiger partial charge in [-0.15, -0.1) is 5.10 Å². The van der Waals surface area contributed by atoms with Crippen LogP contribution in [-0.4, -0.2) is 55.4 Å². The molecular formula is C38H36Cl2FN7O2. The van der Waals surface area contributed by atoms with Crippen LogP contribution in [0, 0.1) is 35.9 Å². The molecule has 2 saturated carbocycles. The molecule has 5 aromatic rings. The van der Waals surface area contributed by atoms with Crippen LogP contribution in [0.1, 0.15) is 61.1 Å². The van der Waals surface area contributed by atoms with Crippen molar-refractivity contribution in [3.8, 4) is 23.1 Å². The summed E-state index contributed by atoms with van der Waals surface area (Å²) in [6.07, 6.45) is 5.67. The lowest BCUT2D eigenvalue weighted by Gasteiger charge is -2.39. The van der Waals surface area contributed by atoms with Gasteiger partial charge in [-0.2, -0.15) is 5.26 Å². The summed E-state index contributed by atoms with van der Waals surface area (Å²) in [4.78, 5) is 20.9. The number of nitrogens with zero attached hydrogens (tertiary/aromatic N) is 6. The number of hydrogen-bond donors (Lipinski definition) is 1. The molecule has 5 atom stereocenters. The minimum absolute atomic E-state index is 0.0447. The molecule has 50 heavy (non-hydrogen) atoms. The van der Waals surface area contributed by atoms with E-state index in [0.717, 1.165) is 42.4 Å². The summed E-state index contributed by atoms with van der Waals surface area (Å²) in [5, 5.41) is 19.9. The van der Waals surface area contributed by atoms with E-state index >= 15 is 4.39 Å². The Morgan fingerprint density at radius 1 is 1.18 bits per heavy atom. The first-order valence-electron chi connectivity index (χ1n) is 17.4. The molecular weight excluding hydrogens is 676 g/mol. The Kier molecular flexibility index (Phi) is 7.61. The Morgan fingerprint density at radius 3 is 2.72 bits per heavy atom. The number of amides is 1. The molecule has 2 bridgehead atoms. The van der Waals surface area contributed by atoms with Gasteiger partial charge in [0.15, 0.2) is 5.82 Å². The van der Waals surface area contributed by atoms with E-state index in [1.165, 1.54) is 0 Å². The quantitative estimate of drug-likeness (QED) is 0.179. The van der Waals surface area contributed by atoms with Gasteiger partial charge in [0.25, 0.3) is 0 Å². The molecule has 3 aliphatic heterocycles. The van der Waals surface area contributed by atoms with Crippen molar-refractivity contribution >= 4 is 50.9 Å². The molecule has 3 aromatic heterocycles. The summed E-state index contributed by atoms with van der Waals surface area (Å²) in [7, 11) is 1.86. The number of nitrogens with one attached hydrogen (secondary N) is 1. The van der Waals surface area contributed by atoms with Crippen molar-refractivity contribution in [1.29, 1.82) is 5.26 Å². The second-order valence-electron chi connectivity index (χ2n) is 14.4. The van der Waals surface area contributed by atoms with Crippen LogP contribution < -0.4 is 10.1 Å². The maximum absolute atomic E-state index is 17.1. The van der Waals surface area contributed by atoms with Crippen LogP contribution in [0.2, 0.25) is 10.0 Å². The van der Waals surface area contributed by atoms with Gasteiger partial charge in [0.05, 0.1) is 40.3 Å². The van der Waals surface area contributed by atoms with Gasteiger partial charge in [0, 0.05) is 83.9 Å². The van der Waals surface area contributed by atoms with Gasteiger partial charge in [0.1, 0.15) is 11.6 Å². The Labute approximate surface area is 298 Å². The maximum Gasteiger partial charge on any atom is 0.233 e. The van der Waals surface area contributed by atoms with E-state index in [0.29, 0.717) is 64.0 Å². The van der Waals surface area contributed by atoms with Crippen molar-refractivity contribution in [2.75, 3.05) is 13.1 Å². The Balaban J connectivity index is 1.27. The summed E-state index contributed by atoms with van der Waals surface area (Å²) < 4.78 is 27.6. The number of carbonyl (C=O) groups is 1. The second-order valence-corrected chi connectivity index (χ2v) is 15.1. The number of pyridine rings is 1. The lowest BCUT2D eigenvalue weighted by atomic mass is 9.79. The standard InChI is InChI=1S/C38H36Cl2FN7O2/c1-19-25-16-30(29-15-23(50-31-10-12-46(2)45-31)18-47(29)38(49)20-8-9-20)48(36-22-14-28(36)43-17-22)37(25)26-13-21(5-4-11-42)32(34(41)35(26)44-19)24-6-3-7-27(39)33(24)40/h3,6-7,10,12-13,16,20,22-23,28-29,36,43H,4-5,8-9,14-15,17-18H2,1-2H3. The summed E-state index contributed by atoms with van der Waals surface area (Å²) in [6, 6.07) is 13.6. The van der Waals surface area contributed by atoms with E-state index in [2.05, 4.69) is 27.1 Å². The van der Waals surface area contributed by atoms with E-state index < -0.39 is 5.82 Å². The molecule has 2 aliphatic carbocycles. The minimum atomic E-state index is -0.483. The normalized spacial score (nSPS) is 24.2. The number of hydrogen-bond acceptors (Lipinski definition) is 6. The topological polar surface area (TPSA) is 101 Å². The van der Waals surface area contributed by atoms with Crippen molar-refractivity contribution in [2.45, 2.75) is 69.7 Å². The molecule has 3 saturated heterocycles. The summed E-state index contributed by atoms with van der Waals surface area (Å²) in [6.45, 7) is 3.31. The maximum atomic E-state index is 17.1. The average Bonchev–Trinajstić information content (AvgIpc) is 3.52. The number of halogens is 3. The molecule has 5 fully saturated rings. The molecule has 256 valence electrons. The fourth-order valence-electron chi connectivity index (χ4n) is 8.70. The number of likely N-dealkylation sites (tertiary alicyclic amines) is 1. The molecule has 5 aliphatic rings.